The van der Waals surface area contributed by atoms with Crippen LogP contribution in [0.15, 0.2) is 18.2 Å². The van der Waals surface area contributed by atoms with Gasteiger partial charge in [-0.2, -0.15) is 0 Å². The summed E-state index contributed by atoms with van der Waals surface area (Å²) in [7, 11) is 1.45. The molecular formula is C14H18N2O4. The van der Waals surface area contributed by atoms with Crippen LogP contribution >= 0.6 is 0 Å². The third-order valence-electron chi connectivity index (χ3n) is 4.37. The van der Waals surface area contributed by atoms with E-state index in [0.29, 0.717) is 12.1 Å². The van der Waals surface area contributed by atoms with E-state index < -0.39 is 4.92 Å². The number of hydrogen-bond acceptors (Lipinski definition) is 5. The summed E-state index contributed by atoms with van der Waals surface area (Å²) in [6, 6.07) is 5.67. The molecule has 2 bridgehead atoms. The molecule has 0 aromatic heterocycles. The molecule has 3 rings (SSSR count). The second kappa shape index (κ2) is 4.94. The minimum Gasteiger partial charge on any atom is -0.490 e. The maximum Gasteiger partial charge on any atom is 0.311 e. The molecule has 2 unspecified atom stereocenters. The Hall–Kier alpha value is -1.82. The van der Waals surface area contributed by atoms with E-state index in [9.17, 15) is 15.2 Å². The number of fused-ring (bicyclic) bond motifs is 2. The number of nitro groups is 1. The molecular weight excluding hydrogens is 260 g/mol. The van der Waals surface area contributed by atoms with Gasteiger partial charge in [0.1, 0.15) is 0 Å². The molecule has 0 saturated carbocycles. The number of ether oxygens (including phenoxy) is 1. The minimum absolute atomic E-state index is 0.0133. The number of piperidine rings is 1. The monoisotopic (exact) mass is 278 g/mol. The molecule has 2 fully saturated rings. The van der Waals surface area contributed by atoms with E-state index >= 15 is 0 Å². The average Bonchev–Trinajstić information content (AvgIpc) is 2.70. The molecule has 2 atom stereocenters. The van der Waals surface area contributed by atoms with Crippen LogP contribution in [0.2, 0.25) is 0 Å². The third-order valence-corrected chi connectivity index (χ3v) is 4.37. The highest BCUT2D eigenvalue weighted by atomic mass is 16.6. The molecule has 0 aliphatic carbocycles. The Kier molecular flexibility index (Phi) is 3.25. The lowest BCUT2D eigenvalue weighted by Gasteiger charge is -2.39. The fraction of sp³-hybridized carbons (Fsp3) is 0.571. The van der Waals surface area contributed by atoms with Crippen molar-refractivity contribution >= 4 is 11.4 Å². The predicted molar refractivity (Wildman–Crippen MR) is 74.2 cm³/mol. The van der Waals surface area contributed by atoms with Crippen LogP contribution in [0.1, 0.15) is 25.7 Å². The van der Waals surface area contributed by atoms with Gasteiger partial charge in [0.05, 0.1) is 18.1 Å². The van der Waals surface area contributed by atoms with Crippen LogP contribution in [0, 0.1) is 10.1 Å². The molecule has 6 heteroatoms. The fourth-order valence-corrected chi connectivity index (χ4v) is 3.55. The van der Waals surface area contributed by atoms with Gasteiger partial charge in [0.25, 0.3) is 0 Å². The summed E-state index contributed by atoms with van der Waals surface area (Å²) < 4.78 is 5.13. The summed E-state index contributed by atoms with van der Waals surface area (Å²) in [5.74, 6) is 0.290. The maximum absolute atomic E-state index is 10.9. The predicted octanol–water partition coefficient (Wildman–Crippen LogP) is 2.10. The van der Waals surface area contributed by atoms with Crippen LogP contribution in [0.3, 0.4) is 0 Å². The van der Waals surface area contributed by atoms with E-state index in [1.54, 1.807) is 12.1 Å². The quantitative estimate of drug-likeness (QED) is 0.677. The van der Waals surface area contributed by atoms with Crippen LogP contribution in [0.5, 0.6) is 5.75 Å². The Labute approximate surface area is 117 Å². The van der Waals surface area contributed by atoms with Gasteiger partial charge in [0.2, 0.25) is 0 Å². The van der Waals surface area contributed by atoms with Gasteiger partial charge in [0, 0.05) is 29.9 Å². The van der Waals surface area contributed by atoms with Crippen molar-refractivity contribution in [1.29, 1.82) is 0 Å². The molecule has 0 amide bonds. The van der Waals surface area contributed by atoms with Crippen LogP contribution < -0.4 is 9.64 Å². The van der Waals surface area contributed by atoms with Crippen LogP contribution in [-0.4, -0.2) is 35.3 Å². The summed E-state index contributed by atoms with van der Waals surface area (Å²) in [6.45, 7) is 0. The molecule has 108 valence electrons. The minimum atomic E-state index is -0.433. The highest BCUT2D eigenvalue weighted by Gasteiger charge is 2.40. The molecule has 1 aromatic carbocycles. The number of methoxy groups -OCH3 is 1. The third kappa shape index (κ3) is 2.10. The second-order valence-electron chi connectivity index (χ2n) is 5.53. The molecule has 20 heavy (non-hydrogen) atoms. The zero-order valence-corrected chi connectivity index (χ0v) is 11.4. The standard InChI is InChI=1S/C14H18N2O4/c1-20-14-8-11(4-5-13(14)16(18)19)15-9-2-3-10(15)7-12(17)6-9/h4-5,8-10,12,17H,2-3,6-7H2,1H3. The molecule has 0 spiro atoms. The van der Waals surface area contributed by atoms with Gasteiger partial charge in [-0.3, -0.25) is 10.1 Å². The lowest BCUT2D eigenvalue weighted by Crippen LogP contribution is -2.44. The Bertz CT molecular complexity index is 520. The van der Waals surface area contributed by atoms with Gasteiger partial charge in [0.15, 0.2) is 5.75 Å². The van der Waals surface area contributed by atoms with E-state index in [1.807, 2.05) is 0 Å². The van der Waals surface area contributed by atoms with Crippen LogP contribution in [0.4, 0.5) is 11.4 Å². The highest BCUT2D eigenvalue weighted by Crippen LogP contribution is 2.41. The van der Waals surface area contributed by atoms with E-state index in [1.165, 1.54) is 13.2 Å². The van der Waals surface area contributed by atoms with Crippen molar-refractivity contribution in [3.8, 4) is 5.75 Å². The fourth-order valence-electron chi connectivity index (χ4n) is 3.55. The van der Waals surface area contributed by atoms with Gasteiger partial charge in [-0.15, -0.1) is 0 Å². The first-order chi connectivity index (χ1) is 9.60. The summed E-state index contributed by atoms with van der Waals surface area (Å²) >= 11 is 0. The first-order valence-corrected chi connectivity index (χ1v) is 6.89. The molecule has 1 aromatic rings. The van der Waals surface area contributed by atoms with Gasteiger partial charge < -0.3 is 14.7 Å². The van der Waals surface area contributed by atoms with Gasteiger partial charge in [-0.1, -0.05) is 0 Å². The number of nitrogens with zero attached hydrogens (tertiary/aromatic N) is 2. The van der Waals surface area contributed by atoms with E-state index in [0.717, 1.165) is 31.4 Å². The first kappa shape index (κ1) is 13.2. The Morgan fingerprint density at radius 3 is 2.55 bits per heavy atom. The summed E-state index contributed by atoms with van der Waals surface area (Å²) in [6.07, 6.45) is 3.47. The largest absolute Gasteiger partial charge is 0.490 e. The first-order valence-electron chi connectivity index (χ1n) is 6.89. The molecule has 2 saturated heterocycles. The summed E-state index contributed by atoms with van der Waals surface area (Å²) in [5.41, 5.74) is 0.937. The Morgan fingerprint density at radius 1 is 1.35 bits per heavy atom. The van der Waals surface area contributed by atoms with Crippen molar-refractivity contribution in [2.75, 3.05) is 12.0 Å². The number of aliphatic hydroxyl groups excluding tert-OH is 1. The lowest BCUT2D eigenvalue weighted by atomic mass is 9.99. The SMILES string of the molecule is COc1cc(N2C3CCC2CC(O)C3)ccc1[N+](=O)[O-]. The lowest BCUT2D eigenvalue weighted by molar-refractivity contribution is -0.385. The number of nitro benzene ring substituents is 1. The molecule has 2 aliphatic rings. The topological polar surface area (TPSA) is 75.8 Å². The van der Waals surface area contributed by atoms with E-state index in [2.05, 4.69) is 4.90 Å². The number of hydrogen-bond donors (Lipinski definition) is 1. The molecule has 0 radical (unpaired) electrons. The van der Waals surface area contributed by atoms with Crippen molar-refractivity contribution in [3.05, 3.63) is 28.3 Å². The maximum atomic E-state index is 10.9. The number of anilines is 1. The average molecular weight is 278 g/mol. The highest BCUT2D eigenvalue weighted by molar-refractivity contribution is 5.61. The number of rotatable bonds is 3. The summed E-state index contributed by atoms with van der Waals surface area (Å²) in [4.78, 5) is 12.8. The second-order valence-corrected chi connectivity index (χ2v) is 5.53. The van der Waals surface area contributed by atoms with Crippen molar-refractivity contribution in [2.24, 2.45) is 0 Å². The zero-order valence-electron chi connectivity index (χ0n) is 11.4. The normalized spacial score (nSPS) is 28.5. The van der Waals surface area contributed by atoms with Crippen molar-refractivity contribution in [3.63, 3.8) is 0 Å². The number of benzene rings is 1. The number of aliphatic hydroxyl groups is 1. The molecule has 2 heterocycles. The Balaban J connectivity index is 1.93. The van der Waals surface area contributed by atoms with Crippen LogP contribution in [0.25, 0.3) is 0 Å². The van der Waals surface area contributed by atoms with Gasteiger partial charge >= 0.3 is 5.69 Å². The summed E-state index contributed by atoms with van der Waals surface area (Å²) in [5, 5.41) is 20.8. The zero-order chi connectivity index (χ0) is 14.3. The van der Waals surface area contributed by atoms with Crippen molar-refractivity contribution < 1.29 is 14.8 Å². The molecule has 6 nitrogen and oxygen atoms in total. The van der Waals surface area contributed by atoms with Crippen molar-refractivity contribution in [2.45, 2.75) is 43.9 Å². The van der Waals surface area contributed by atoms with E-state index in [-0.39, 0.29) is 17.5 Å². The van der Waals surface area contributed by atoms with Crippen LogP contribution in [-0.2, 0) is 0 Å². The van der Waals surface area contributed by atoms with Gasteiger partial charge in [-0.05, 0) is 31.7 Å². The molecule has 1 N–H and O–H groups in total. The molecule has 2 aliphatic heterocycles. The van der Waals surface area contributed by atoms with Crippen molar-refractivity contribution in [1.82, 2.24) is 0 Å². The smallest absolute Gasteiger partial charge is 0.311 e. The van der Waals surface area contributed by atoms with Gasteiger partial charge in [-0.25, -0.2) is 0 Å². The van der Waals surface area contributed by atoms with E-state index in [4.69, 9.17) is 4.74 Å². The Morgan fingerprint density at radius 2 is 2.00 bits per heavy atom.